The fourth-order valence-corrected chi connectivity index (χ4v) is 1.51. The van der Waals surface area contributed by atoms with Gasteiger partial charge < -0.3 is 5.32 Å². The Balaban J connectivity index is 2.80. The Morgan fingerprint density at radius 1 is 1.19 bits per heavy atom. The van der Waals surface area contributed by atoms with Crippen LogP contribution in [-0.2, 0) is 11.0 Å². The van der Waals surface area contributed by atoms with Crippen molar-refractivity contribution in [2.45, 2.75) is 12.4 Å². The third kappa shape index (κ3) is 6.07. The molecule has 0 bridgehead atoms. The highest BCUT2D eigenvalue weighted by Crippen LogP contribution is 2.35. The highest BCUT2D eigenvalue weighted by Gasteiger charge is 2.33. The second kappa shape index (κ2) is 6.38. The zero-order valence-electron chi connectivity index (χ0n) is 10.1. The number of benzene rings is 1. The molecule has 9 heteroatoms. The molecule has 0 saturated heterocycles. The molecule has 0 aliphatic heterocycles. The molecule has 1 rings (SSSR count). The smallest absolute Gasteiger partial charge is 0.343 e. The first kappa shape index (κ1) is 17.4. The Labute approximate surface area is 120 Å². The second-order valence-electron chi connectivity index (χ2n) is 3.90. The van der Waals surface area contributed by atoms with Crippen molar-refractivity contribution in [3.8, 4) is 0 Å². The maximum Gasteiger partial charge on any atom is 0.417 e. The first-order chi connectivity index (χ1) is 9.49. The number of carbonyl (C=O) groups is 1. The van der Waals surface area contributed by atoms with E-state index in [0.717, 1.165) is 12.1 Å². The summed E-state index contributed by atoms with van der Waals surface area (Å²) in [5.74, 6) is -1.07. The molecule has 1 N–H and O–H groups in total. The number of hydrogen-bond donors (Lipinski definition) is 1. The average molecular weight is 332 g/mol. The highest BCUT2D eigenvalue weighted by molar-refractivity contribution is 6.31. The molecule has 0 saturated carbocycles. The minimum atomic E-state index is -4.67. The van der Waals surface area contributed by atoms with Gasteiger partial charge in [-0.25, -0.2) is 0 Å². The zero-order chi connectivity index (χ0) is 16.3. The fourth-order valence-electron chi connectivity index (χ4n) is 1.28. The second-order valence-corrected chi connectivity index (χ2v) is 4.31. The van der Waals surface area contributed by atoms with E-state index in [-0.39, 0.29) is 5.56 Å². The summed E-state index contributed by atoms with van der Waals surface area (Å²) in [6.45, 7) is -1.52. The Kier molecular flexibility index (Phi) is 5.27. The quantitative estimate of drug-likeness (QED) is 0.657. The molecule has 0 radical (unpaired) electrons. The summed E-state index contributed by atoms with van der Waals surface area (Å²) in [6, 6.07) is 2.87. The van der Waals surface area contributed by atoms with Crippen molar-refractivity contribution in [3.63, 3.8) is 0 Å². The molecule has 21 heavy (non-hydrogen) atoms. The van der Waals surface area contributed by atoms with Gasteiger partial charge in [0.05, 0.1) is 10.6 Å². The molecule has 0 aliphatic rings. The maximum atomic E-state index is 12.6. The maximum absolute atomic E-state index is 12.6. The molecule has 0 aromatic heterocycles. The van der Waals surface area contributed by atoms with Gasteiger partial charge in [-0.1, -0.05) is 17.7 Å². The van der Waals surface area contributed by atoms with Gasteiger partial charge >= 0.3 is 12.4 Å². The van der Waals surface area contributed by atoms with Crippen LogP contribution in [0.2, 0.25) is 5.02 Å². The standard InChI is InChI=1S/C12H8ClF6NO/c13-9-3-1-7(5-8(9)12(17,18)19)2-4-10(21)20-6-11(14,15)16/h1-5H,6H2,(H,20,21)/b4-2+. The van der Waals surface area contributed by atoms with Crippen molar-refractivity contribution in [3.05, 3.63) is 40.4 Å². The average Bonchev–Trinajstić information content (AvgIpc) is 2.33. The molecule has 0 heterocycles. The van der Waals surface area contributed by atoms with E-state index in [9.17, 15) is 31.1 Å². The predicted molar refractivity (Wildman–Crippen MR) is 64.6 cm³/mol. The number of halogens is 7. The summed E-state index contributed by atoms with van der Waals surface area (Å²) >= 11 is 5.40. The van der Waals surface area contributed by atoms with Crippen LogP contribution in [0, 0.1) is 0 Å². The van der Waals surface area contributed by atoms with Crippen molar-refractivity contribution in [2.24, 2.45) is 0 Å². The van der Waals surface area contributed by atoms with Crippen molar-refractivity contribution in [2.75, 3.05) is 6.54 Å². The van der Waals surface area contributed by atoms with E-state index in [2.05, 4.69) is 0 Å². The number of rotatable bonds is 3. The molecule has 1 amide bonds. The third-order valence-electron chi connectivity index (χ3n) is 2.19. The monoisotopic (exact) mass is 331 g/mol. The number of amides is 1. The lowest BCUT2D eigenvalue weighted by Crippen LogP contribution is -2.32. The molecule has 0 unspecified atom stereocenters. The summed E-state index contributed by atoms with van der Waals surface area (Å²) in [7, 11) is 0. The lowest BCUT2D eigenvalue weighted by Gasteiger charge is -2.09. The van der Waals surface area contributed by atoms with Crippen LogP contribution >= 0.6 is 11.6 Å². The predicted octanol–water partition coefficient (Wildman–Crippen LogP) is 4.05. The molecule has 2 nitrogen and oxygen atoms in total. The van der Waals surface area contributed by atoms with Crippen molar-refractivity contribution in [1.82, 2.24) is 5.32 Å². The van der Waals surface area contributed by atoms with E-state index in [0.29, 0.717) is 12.1 Å². The molecule has 0 spiro atoms. The summed E-state index contributed by atoms with van der Waals surface area (Å²) < 4.78 is 73.2. The normalized spacial score (nSPS) is 12.7. The van der Waals surface area contributed by atoms with Gasteiger partial charge in [0.15, 0.2) is 0 Å². The lowest BCUT2D eigenvalue weighted by atomic mass is 10.1. The van der Waals surface area contributed by atoms with Crippen LogP contribution in [0.25, 0.3) is 6.08 Å². The van der Waals surface area contributed by atoms with Crippen LogP contribution in [0.5, 0.6) is 0 Å². The third-order valence-corrected chi connectivity index (χ3v) is 2.52. The fraction of sp³-hybridized carbons (Fsp3) is 0.250. The lowest BCUT2D eigenvalue weighted by molar-refractivity contribution is -0.137. The SMILES string of the molecule is O=C(/C=C/c1ccc(Cl)c(C(F)(F)F)c1)NCC(F)(F)F. The van der Waals surface area contributed by atoms with Gasteiger partial charge in [-0.05, 0) is 23.8 Å². The summed E-state index contributed by atoms with van der Waals surface area (Å²) in [5, 5.41) is 1.04. The molecule has 1 aromatic carbocycles. The zero-order valence-corrected chi connectivity index (χ0v) is 10.9. The van der Waals surface area contributed by atoms with Gasteiger partial charge in [0, 0.05) is 6.08 Å². The van der Waals surface area contributed by atoms with Crippen LogP contribution in [0.3, 0.4) is 0 Å². The molecular weight excluding hydrogens is 324 g/mol. The Morgan fingerprint density at radius 3 is 2.33 bits per heavy atom. The summed E-state index contributed by atoms with van der Waals surface area (Å²) in [4.78, 5) is 11.1. The Morgan fingerprint density at radius 2 is 1.81 bits per heavy atom. The molecule has 0 fully saturated rings. The van der Waals surface area contributed by atoms with Crippen molar-refractivity contribution < 1.29 is 31.1 Å². The van der Waals surface area contributed by atoms with E-state index in [1.54, 1.807) is 5.32 Å². The first-order valence-electron chi connectivity index (χ1n) is 5.38. The Hall–Kier alpha value is -1.70. The van der Waals surface area contributed by atoms with E-state index < -0.39 is 35.4 Å². The largest absolute Gasteiger partial charge is 0.417 e. The van der Waals surface area contributed by atoms with Crippen LogP contribution < -0.4 is 5.32 Å². The van der Waals surface area contributed by atoms with E-state index in [1.165, 1.54) is 6.07 Å². The van der Waals surface area contributed by atoms with Gasteiger partial charge in [0.25, 0.3) is 0 Å². The molecule has 1 aromatic rings. The summed E-state index contributed by atoms with van der Waals surface area (Å²) in [6.07, 6.45) is -7.57. The number of carbonyl (C=O) groups excluding carboxylic acids is 1. The van der Waals surface area contributed by atoms with Gasteiger partial charge in [0.2, 0.25) is 5.91 Å². The summed E-state index contributed by atoms with van der Waals surface area (Å²) in [5.41, 5.74) is -1.11. The van der Waals surface area contributed by atoms with E-state index >= 15 is 0 Å². The van der Waals surface area contributed by atoms with Gasteiger partial charge in [-0.15, -0.1) is 0 Å². The van der Waals surface area contributed by atoms with Crippen LogP contribution in [0.15, 0.2) is 24.3 Å². The van der Waals surface area contributed by atoms with Gasteiger partial charge in [0.1, 0.15) is 6.54 Å². The molecule has 0 atom stereocenters. The van der Waals surface area contributed by atoms with Crippen molar-refractivity contribution in [1.29, 1.82) is 0 Å². The van der Waals surface area contributed by atoms with E-state index in [1.807, 2.05) is 0 Å². The van der Waals surface area contributed by atoms with Crippen LogP contribution in [-0.4, -0.2) is 18.6 Å². The molecular formula is C12H8ClF6NO. The minimum Gasteiger partial charge on any atom is -0.343 e. The molecule has 116 valence electrons. The highest BCUT2D eigenvalue weighted by atomic mass is 35.5. The molecule has 0 aliphatic carbocycles. The van der Waals surface area contributed by atoms with E-state index in [4.69, 9.17) is 11.6 Å². The van der Waals surface area contributed by atoms with Crippen LogP contribution in [0.4, 0.5) is 26.3 Å². The van der Waals surface area contributed by atoms with Gasteiger partial charge in [-0.2, -0.15) is 26.3 Å². The van der Waals surface area contributed by atoms with Crippen molar-refractivity contribution >= 4 is 23.6 Å². The number of alkyl halides is 6. The minimum absolute atomic E-state index is 0.0196. The van der Waals surface area contributed by atoms with Gasteiger partial charge in [-0.3, -0.25) is 4.79 Å². The Bertz CT molecular complexity index is 550. The topological polar surface area (TPSA) is 29.1 Å². The first-order valence-corrected chi connectivity index (χ1v) is 5.76. The number of nitrogens with one attached hydrogen (secondary N) is 1. The van der Waals surface area contributed by atoms with Crippen LogP contribution in [0.1, 0.15) is 11.1 Å². The number of hydrogen-bond acceptors (Lipinski definition) is 1.